The first-order valence-electron chi connectivity index (χ1n) is 13.6. The van der Waals surface area contributed by atoms with Crippen LogP contribution in [0, 0.1) is 11.6 Å². The minimum absolute atomic E-state index is 0.0862. The van der Waals surface area contributed by atoms with Crippen molar-refractivity contribution in [1.29, 1.82) is 0 Å². The molecular weight excluding hydrogens is 510 g/mol. The number of nitrogens with zero attached hydrogens (tertiary/aromatic N) is 2. The highest BCUT2D eigenvalue weighted by atomic mass is 19.2. The van der Waals surface area contributed by atoms with Crippen molar-refractivity contribution in [3.05, 3.63) is 77.1 Å². The van der Waals surface area contributed by atoms with Crippen LogP contribution in [0.1, 0.15) is 75.9 Å². The zero-order valence-corrected chi connectivity index (χ0v) is 24.6. The summed E-state index contributed by atoms with van der Waals surface area (Å²) in [6.07, 6.45) is 7.04. The van der Waals surface area contributed by atoms with Crippen LogP contribution in [-0.4, -0.2) is 36.6 Å². The van der Waals surface area contributed by atoms with Crippen molar-refractivity contribution >= 4 is 34.4 Å². The monoisotopic (exact) mass is 552 g/mol. The van der Waals surface area contributed by atoms with Crippen molar-refractivity contribution in [3.8, 4) is 0 Å². The van der Waals surface area contributed by atoms with Gasteiger partial charge in [0.2, 0.25) is 0 Å². The van der Waals surface area contributed by atoms with Crippen LogP contribution in [0.4, 0.5) is 20.2 Å². The van der Waals surface area contributed by atoms with Crippen LogP contribution in [0.15, 0.2) is 58.8 Å². The fraction of sp³-hybridized carbons (Fsp3) is 0.387. The van der Waals surface area contributed by atoms with Gasteiger partial charge in [-0.15, -0.1) is 0 Å². The quantitative estimate of drug-likeness (QED) is 0.174. The number of halogens is 2. The van der Waals surface area contributed by atoms with E-state index in [1.54, 1.807) is 32.2 Å². The number of aliphatic imine (C=N–C) groups is 2. The standard InChI is InChI=1S/C31H42F2N6O/c1-8-16-36-29(21(6)37-18-20(5)24-14-15-26(35-7)28(33)27(24)32)38-23-12-13-25(22(9-2)17-23)30(40)39-31(10-3,11-4)19-34/h8,12-18,35H,9-11,19,34H2,1-7H3,(H,36,38)(H,39,40)/b16-8-,20-18+,37-21?. The van der Waals surface area contributed by atoms with Crippen LogP contribution in [0.2, 0.25) is 0 Å². The Balaban J connectivity index is 2.36. The lowest BCUT2D eigenvalue weighted by molar-refractivity contribution is 0.0894. The average molecular weight is 553 g/mol. The molecule has 0 saturated carbocycles. The first-order valence-corrected chi connectivity index (χ1v) is 13.6. The van der Waals surface area contributed by atoms with E-state index in [1.807, 2.05) is 39.8 Å². The van der Waals surface area contributed by atoms with Crippen molar-refractivity contribution in [1.82, 2.24) is 5.32 Å². The zero-order chi connectivity index (χ0) is 29.9. The van der Waals surface area contributed by atoms with Crippen LogP contribution < -0.4 is 21.7 Å². The van der Waals surface area contributed by atoms with E-state index in [9.17, 15) is 13.6 Å². The molecule has 0 aliphatic rings. The molecule has 2 aromatic carbocycles. The van der Waals surface area contributed by atoms with Gasteiger partial charge < -0.3 is 21.7 Å². The second kappa shape index (κ2) is 15.1. The highest BCUT2D eigenvalue weighted by Gasteiger charge is 2.27. The number of allylic oxidation sites excluding steroid dienone is 2. The number of nitrogens with two attached hydrogens (primary N) is 1. The number of aryl methyl sites for hydroxylation is 1. The lowest BCUT2D eigenvalue weighted by Crippen LogP contribution is -2.53. The van der Waals surface area contributed by atoms with Gasteiger partial charge in [0.25, 0.3) is 5.91 Å². The van der Waals surface area contributed by atoms with Gasteiger partial charge >= 0.3 is 0 Å². The lowest BCUT2D eigenvalue weighted by Gasteiger charge is -2.31. The van der Waals surface area contributed by atoms with E-state index < -0.39 is 17.2 Å². The molecule has 0 heterocycles. The number of amides is 1. The van der Waals surface area contributed by atoms with Crippen molar-refractivity contribution in [2.75, 3.05) is 24.2 Å². The van der Waals surface area contributed by atoms with Gasteiger partial charge in [-0.1, -0.05) is 26.8 Å². The van der Waals surface area contributed by atoms with Gasteiger partial charge in [-0.3, -0.25) is 9.79 Å². The number of hydrogen-bond donors (Lipinski definition) is 4. The summed E-state index contributed by atoms with van der Waals surface area (Å²) in [5.74, 6) is -1.55. The molecule has 0 bridgehead atoms. The summed E-state index contributed by atoms with van der Waals surface area (Å²) < 4.78 is 28.8. The lowest BCUT2D eigenvalue weighted by atomic mass is 9.92. The van der Waals surface area contributed by atoms with Crippen LogP contribution in [0.3, 0.4) is 0 Å². The van der Waals surface area contributed by atoms with Gasteiger partial charge in [0, 0.05) is 42.8 Å². The average Bonchev–Trinajstić information content (AvgIpc) is 2.97. The third kappa shape index (κ3) is 7.85. The maximum atomic E-state index is 14.6. The molecule has 216 valence electrons. The van der Waals surface area contributed by atoms with Crippen molar-refractivity contribution < 1.29 is 13.6 Å². The number of rotatable bonds is 12. The summed E-state index contributed by atoms with van der Waals surface area (Å²) >= 11 is 0. The number of carbonyl (C=O) groups excluding carboxylic acids is 1. The number of hydrogen-bond acceptors (Lipinski definition) is 5. The van der Waals surface area contributed by atoms with Crippen LogP contribution in [-0.2, 0) is 6.42 Å². The summed E-state index contributed by atoms with van der Waals surface area (Å²) in [6.45, 7) is 11.7. The third-order valence-corrected chi connectivity index (χ3v) is 7.04. The van der Waals surface area contributed by atoms with E-state index in [4.69, 9.17) is 5.73 Å². The highest BCUT2D eigenvalue weighted by molar-refractivity contribution is 6.45. The van der Waals surface area contributed by atoms with Gasteiger partial charge in [-0.25, -0.2) is 13.8 Å². The van der Waals surface area contributed by atoms with E-state index in [1.165, 1.54) is 25.4 Å². The molecule has 2 rings (SSSR count). The highest BCUT2D eigenvalue weighted by Crippen LogP contribution is 2.25. The summed E-state index contributed by atoms with van der Waals surface area (Å²) in [6, 6.07) is 8.52. The van der Waals surface area contributed by atoms with E-state index in [2.05, 4.69) is 25.9 Å². The third-order valence-electron chi connectivity index (χ3n) is 7.04. The Labute approximate surface area is 236 Å². The smallest absolute Gasteiger partial charge is 0.252 e. The molecule has 5 N–H and O–H groups in total. The molecule has 1 amide bonds. The molecule has 0 aliphatic heterocycles. The molecular formula is C31H42F2N6O. The molecule has 0 spiro atoms. The maximum absolute atomic E-state index is 14.6. The first kappa shape index (κ1) is 32.4. The van der Waals surface area contributed by atoms with Crippen molar-refractivity contribution in [3.63, 3.8) is 0 Å². The van der Waals surface area contributed by atoms with E-state index >= 15 is 0 Å². The Kier molecular flexibility index (Phi) is 12.2. The summed E-state index contributed by atoms with van der Waals surface area (Å²) in [4.78, 5) is 22.1. The second-order valence-electron chi connectivity index (χ2n) is 9.52. The van der Waals surface area contributed by atoms with Gasteiger partial charge in [0.1, 0.15) is 0 Å². The number of anilines is 2. The fourth-order valence-corrected chi connectivity index (χ4v) is 4.13. The molecule has 0 saturated heterocycles. The molecule has 0 aromatic heterocycles. The van der Waals surface area contributed by atoms with Crippen LogP contribution in [0.25, 0.3) is 5.57 Å². The molecule has 0 radical (unpaired) electrons. The molecule has 40 heavy (non-hydrogen) atoms. The summed E-state index contributed by atoms with van der Waals surface area (Å²) in [5.41, 5.74) is 8.95. The van der Waals surface area contributed by atoms with Crippen molar-refractivity contribution in [2.24, 2.45) is 15.7 Å². The molecule has 0 fully saturated rings. The molecule has 9 heteroatoms. The van der Waals surface area contributed by atoms with Gasteiger partial charge in [-0.05, 0) is 81.5 Å². The number of carbonyl (C=O) groups is 1. The predicted molar refractivity (Wildman–Crippen MR) is 164 cm³/mol. The largest absolute Gasteiger partial charge is 0.386 e. The molecule has 2 aromatic rings. The summed E-state index contributed by atoms with van der Waals surface area (Å²) in [5, 5.41) is 9.04. The Bertz CT molecular complexity index is 1300. The zero-order valence-electron chi connectivity index (χ0n) is 24.6. The van der Waals surface area contributed by atoms with Gasteiger partial charge in [0.05, 0.1) is 16.9 Å². The van der Waals surface area contributed by atoms with E-state index in [0.29, 0.717) is 35.6 Å². The molecule has 0 aliphatic carbocycles. The number of benzene rings is 2. The van der Waals surface area contributed by atoms with Gasteiger partial charge in [0.15, 0.2) is 17.5 Å². The first-order chi connectivity index (χ1) is 19.1. The fourth-order valence-electron chi connectivity index (χ4n) is 4.13. The normalized spacial score (nSPS) is 13.1. The van der Waals surface area contributed by atoms with Crippen molar-refractivity contribution in [2.45, 2.75) is 66.3 Å². The SMILES string of the molecule is C/C=C\N=C(Nc1ccc(C(=O)NC(CC)(CC)CN)c(CC)c1)C(C)=N/C=C(\C)c1ccc(NC)c(F)c1F. The Morgan fingerprint density at radius 2 is 1.70 bits per heavy atom. The second-order valence-corrected chi connectivity index (χ2v) is 9.52. The Morgan fingerprint density at radius 1 is 1.02 bits per heavy atom. The van der Waals surface area contributed by atoms with Crippen LogP contribution >= 0.6 is 0 Å². The van der Waals surface area contributed by atoms with Crippen LogP contribution in [0.5, 0.6) is 0 Å². The maximum Gasteiger partial charge on any atom is 0.252 e. The van der Waals surface area contributed by atoms with E-state index in [-0.39, 0.29) is 17.2 Å². The van der Waals surface area contributed by atoms with Gasteiger partial charge in [-0.2, -0.15) is 0 Å². The Morgan fingerprint density at radius 3 is 2.27 bits per heavy atom. The Hall–Kier alpha value is -3.85. The topological polar surface area (TPSA) is 104 Å². The van der Waals surface area contributed by atoms with E-state index in [0.717, 1.165) is 24.1 Å². The predicted octanol–water partition coefficient (Wildman–Crippen LogP) is 6.68. The summed E-state index contributed by atoms with van der Waals surface area (Å²) in [7, 11) is 1.53. The molecule has 0 atom stereocenters. The molecule has 0 unspecified atom stereocenters. The minimum Gasteiger partial charge on any atom is -0.386 e. The number of nitrogens with one attached hydrogen (secondary N) is 3. The number of amidine groups is 1. The minimum atomic E-state index is -0.938. The molecule has 7 nitrogen and oxygen atoms in total.